The lowest BCUT2D eigenvalue weighted by molar-refractivity contribution is -0.137. The van der Waals surface area contributed by atoms with Crippen LogP contribution in [0.5, 0.6) is 5.75 Å². The zero-order valence-corrected chi connectivity index (χ0v) is 20.5. The summed E-state index contributed by atoms with van der Waals surface area (Å²) in [6.07, 6.45) is -4.46. The van der Waals surface area contributed by atoms with E-state index in [0.717, 1.165) is 18.2 Å². The van der Waals surface area contributed by atoms with Crippen LogP contribution in [-0.2, 0) is 21.0 Å². The molecule has 0 heterocycles. The number of hydrogen-bond acceptors (Lipinski definition) is 5. The number of rotatable bonds is 6. The molecule has 0 radical (unpaired) electrons. The number of nitrogens with one attached hydrogen (secondary N) is 1. The van der Waals surface area contributed by atoms with Crippen molar-refractivity contribution in [3.8, 4) is 5.75 Å². The van der Waals surface area contributed by atoms with Crippen molar-refractivity contribution in [1.82, 2.24) is 0 Å². The minimum absolute atomic E-state index is 0.0546. The number of sulfonamides is 1. The third-order valence-corrected chi connectivity index (χ3v) is 5.66. The van der Waals surface area contributed by atoms with Crippen molar-refractivity contribution in [3.63, 3.8) is 0 Å². The molecule has 0 aromatic heterocycles. The molecule has 0 spiro atoms. The molecule has 3 rings (SSSR count). The number of halogens is 5. The van der Waals surface area contributed by atoms with Crippen molar-refractivity contribution in [2.75, 3.05) is 11.9 Å². The minimum Gasteiger partial charge on any atom is -0.483 e. The standard InChI is InChI=1S/C16H16ClN3O5S.C7H4F4/c1-9-6-11(26(19,23)24)3-4-13(9)20-15(21)8-25-14-5-2-10(17)7-12(14)16(18)22;8-6-3-1-2-5(4-6)7(9,10)11/h2-7H,8H2,1H3,(H2,18,22)(H,20,21)(H2,19,23,24);1-4H. The quantitative estimate of drug-likeness (QED) is 0.386. The summed E-state index contributed by atoms with van der Waals surface area (Å²) in [6.45, 7) is 1.23. The van der Waals surface area contributed by atoms with Gasteiger partial charge in [-0.25, -0.2) is 17.9 Å². The van der Waals surface area contributed by atoms with Gasteiger partial charge >= 0.3 is 6.18 Å². The molecule has 8 nitrogen and oxygen atoms in total. The highest BCUT2D eigenvalue weighted by atomic mass is 35.5. The second-order valence-corrected chi connectivity index (χ2v) is 9.37. The van der Waals surface area contributed by atoms with E-state index in [1.165, 1.54) is 36.4 Å². The number of amides is 2. The second kappa shape index (κ2) is 12.0. The predicted molar refractivity (Wildman–Crippen MR) is 128 cm³/mol. The number of hydrogen-bond donors (Lipinski definition) is 3. The first-order chi connectivity index (χ1) is 17.1. The third-order valence-electron chi connectivity index (χ3n) is 4.52. The van der Waals surface area contributed by atoms with Gasteiger partial charge in [0.25, 0.3) is 11.8 Å². The fraction of sp³-hybridized carbons (Fsp3) is 0.130. The monoisotopic (exact) mass is 561 g/mol. The van der Waals surface area contributed by atoms with Crippen LogP contribution in [0.2, 0.25) is 5.02 Å². The molecule has 0 atom stereocenters. The molecule has 37 heavy (non-hydrogen) atoms. The summed E-state index contributed by atoms with van der Waals surface area (Å²) >= 11 is 5.80. The zero-order valence-electron chi connectivity index (χ0n) is 19.0. The Morgan fingerprint density at radius 3 is 2.24 bits per heavy atom. The summed E-state index contributed by atoms with van der Waals surface area (Å²) in [5.74, 6) is -2.00. The van der Waals surface area contributed by atoms with Crippen molar-refractivity contribution in [2.24, 2.45) is 10.9 Å². The van der Waals surface area contributed by atoms with Gasteiger partial charge in [0.15, 0.2) is 6.61 Å². The van der Waals surface area contributed by atoms with Crippen molar-refractivity contribution in [1.29, 1.82) is 0 Å². The molecule has 3 aromatic carbocycles. The lowest BCUT2D eigenvalue weighted by atomic mass is 10.2. The molecule has 14 heteroatoms. The highest BCUT2D eigenvalue weighted by molar-refractivity contribution is 7.89. The number of carbonyl (C=O) groups is 2. The van der Waals surface area contributed by atoms with Crippen molar-refractivity contribution in [2.45, 2.75) is 18.0 Å². The second-order valence-electron chi connectivity index (χ2n) is 7.37. The number of anilines is 1. The SMILES string of the molecule is Cc1cc(S(N)(=O)=O)ccc1NC(=O)COc1ccc(Cl)cc1C(N)=O.Fc1cccc(C(F)(F)F)c1. The molecule has 198 valence electrons. The summed E-state index contributed by atoms with van der Waals surface area (Å²) < 4.78 is 75.5. The van der Waals surface area contributed by atoms with Gasteiger partial charge < -0.3 is 15.8 Å². The van der Waals surface area contributed by atoms with Gasteiger partial charge in [-0.1, -0.05) is 17.7 Å². The fourth-order valence-corrected chi connectivity index (χ4v) is 3.54. The summed E-state index contributed by atoms with van der Waals surface area (Å²) in [6, 6.07) is 11.6. The van der Waals surface area contributed by atoms with Crippen LogP contribution in [0.3, 0.4) is 0 Å². The average molecular weight is 562 g/mol. The molecule has 5 N–H and O–H groups in total. The first kappa shape index (κ1) is 29.5. The first-order valence-corrected chi connectivity index (χ1v) is 12.0. The van der Waals surface area contributed by atoms with Crippen LogP contribution < -0.4 is 20.9 Å². The maximum Gasteiger partial charge on any atom is 0.416 e. The molecular formula is C23H20ClF4N3O5S. The van der Waals surface area contributed by atoms with Gasteiger partial charge in [-0.3, -0.25) is 9.59 Å². The topological polar surface area (TPSA) is 142 Å². The van der Waals surface area contributed by atoms with E-state index in [-0.39, 0.29) is 16.2 Å². The Hall–Kier alpha value is -3.68. The number of alkyl halides is 3. The third kappa shape index (κ3) is 9.04. The number of benzene rings is 3. The van der Waals surface area contributed by atoms with Crippen molar-refractivity contribution >= 4 is 39.1 Å². The Morgan fingerprint density at radius 1 is 1.05 bits per heavy atom. The highest BCUT2D eigenvalue weighted by Gasteiger charge is 2.30. The molecular weight excluding hydrogens is 542 g/mol. The van der Waals surface area contributed by atoms with E-state index in [0.29, 0.717) is 22.3 Å². The Labute approximate surface area is 214 Å². The molecule has 3 aromatic rings. The summed E-state index contributed by atoms with van der Waals surface area (Å²) in [4.78, 5) is 23.4. The van der Waals surface area contributed by atoms with E-state index in [1.807, 2.05) is 0 Å². The zero-order chi connectivity index (χ0) is 28.0. The van der Waals surface area contributed by atoms with E-state index in [9.17, 15) is 35.6 Å². The molecule has 0 saturated carbocycles. The van der Waals surface area contributed by atoms with Gasteiger partial charge in [0.05, 0.1) is 16.0 Å². The summed E-state index contributed by atoms with van der Waals surface area (Å²) in [7, 11) is -3.83. The van der Waals surface area contributed by atoms with Crippen LogP contribution in [0.25, 0.3) is 0 Å². The maximum absolute atomic E-state index is 12.2. The van der Waals surface area contributed by atoms with Gasteiger partial charge in [0.1, 0.15) is 11.6 Å². The van der Waals surface area contributed by atoms with Crippen LogP contribution >= 0.6 is 11.6 Å². The van der Waals surface area contributed by atoms with Gasteiger partial charge in [-0.2, -0.15) is 13.2 Å². The highest BCUT2D eigenvalue weighted by Crippen LogP contribution is 2.29. The summed E-state index contributed by atoms with van der Waals surface area (Å²) in [5, 5.41) is 7.94. The Kier molecular flexibility index (Phi) is 9.61. The Morgan fingerprint density at radius 2 is 1.73 bits per heavy atom. The molecule has 0 unspecified atom stereocenters. The smallest absolute Gasteiger partial charge is 0.416 e. The average Bonchev–Trinajstić information content (AvgIpc) is 2.78. The predicted octanol–water partition coefficient (Wildman–Crippen LogP) is 4.26. The molecule has 0 bridgehead atoms. The number of primary amides is 1. The molecule has 0 aliphatic rings. The van der Waals surface area contributed by atoms with E-state index >= 15 is 0 Å². The molecule has 0 saturated heterocycles. The lowest BCUT2D eigenvalue weighted by Crippen LogP contribution is -2.22. The number of nitrogens with two attached hydrogens (primary N) is 2. The van der Waals surface area contributed by atoms with Crippen molar-refractivity contribution in [3.05, 3.63) is 88.2 Å². The van der Waals surface area contributed by atoms with Crippen LogP contribution in [0.4, 0.5) is 23.2 Å². The van der Waals surface area contributed by atoms with Crippen LogP contribution in [0, 0.1) is 12.7 Å². The van der Waals surface area contributed by atoms with Gasteiger partial charge in [-0.05, 0) is 67.1 Å². The fourth-order valence-electron chi connectivity index (χ4n) is 2.77. The van der Waals surface area contributed by atoms with E-state index in [2.05, 4.69) is 5.32 Å². The van der Waals surface area contributed by atoms with E-state index in [1.54, 1.807) is 6.92 Å². The minimum atomic E-state index is -4.46. The number of aryl methyl sites for hydroxylation is 1. The van der Waals surface area contributed by atoms with Crippen molar-refractivity contribution < 1.29 is 40.3 Å². The van der Waals surface area contributed by atoms with Gasteiger partial charge in [-0.15, -0.1) is 0 Å². The number of ether oxygens (including phenoxy) is 1. The molecule has 0 aliphatic heterocycles. The largest absolute Gasteiger partial charge is 0.483 e. The molecule has 2 amide bonds. The van der Waals surface area contributed by atoms with Crippen LogP contribution in [0.1, 0.15) is 21.5 Å². The molecule has 0 fully saturated rings. The molecule has 0 aliphatic carbocycles. The van der Waals surface area contributed by atoms with E-state index < -0.39 is 46.0 Å². The Balaban J connectivity index is 0.000000364. The maximum atomic E-state index is 12.2. The van der Waals surface area contributed by atoms with Crippen LogP contribution in [-0.4, -0.2) is 26.8 Å². The first-order valence-electron chi connectivity index (χ1n) is 10.1. The van der Waals surface area contributed by atoms with E-state index in [4.69, 9.17) is 27.2 Å². The summed E-state index contributed by atoms with van der Waals surface area (Å²) in [5.41, 5.74) is 5.25. The Bertz CT molecular complexity index is 1420. The lowest BCUT2D eigenvalue weighted by Gasteiger charge is -2.12. The normalized spacial score (nSPS) is 11.2. The number of primary sulfonamides is 1. The van der Waals surface area contributed by atoms with Crippen LogP contribution in [0.15, 0.2) is 65.6 Å². The number of carbonyl (C=O) groups excluding carboxylic acids is 2. The van der Waals surface area contributed by atoms with Gasteiger partial charge in [0, 0.05) is 10.7 Å². The van der Waals surface area contributed by atoms with Gasteiger partial charge in [0.2, 0.25) is 10.0 Å².